The normalized spacial score (nSPS) is 24.0. The topological polar surface area (TPSA) is 64.6 Å². The van der Waals surface area contributed by atoms with Crippen LogP contribution in [-0.2, 0) is 19.1 Å². The fourth-order valence-corrected chi connectivity index (χ4v) is 2.18. The molecule has 0 aliphatic carbocycles. The van der Waals surface area contributed by atoms with E-state index in [0.717, 1.165) is 0 Å². The summed E-state index contributed by atoms with van der Waals surface area (Å²) in [6, 6.07) is 0. The van der Waals surface area contributed by atoms with Crippen LogP contribution >= 0.6 is 12.6 Å². The summed E-state index contributed by atoms with van der Waals surface area (Å²) in [5, 5.41) is 2.73. The Morgan fingerprint density at radius 2 is 2.00 bits per heavy atom. The maximum absolute atomic E-state index is 11.5. The molecule has 0 aromatic carbocycles. The summed E-state index contributed by atoms with van der Waals surface area (Å²) in [4.78, 5) is 22.8. The van der Waals surface area contributed by atoms with Gasteiger partial charge in [0.2, 0.25) is 0 Å². The van der Waals surface area contributed by atoms with Crippen LogP contribution in [0.3, 0.4) is 0 Å². The Labute approximate surface area is 99.6 Å². The molecule has 1 aliphatic heterocycles. The maximum Gasteiger partial charge on any atom is 0.335 e. The van der Waals surface area contributed by atoms with Crippen molar-refractivity contribution in [1.29, 1.82) is 0 Å². The Kier molecular flexibility index (Phi) is 4.23. The highest BCUT2D eigenvalue weighted by Crippen LogP contribution is 2.31. The van der Waals surface area contributed by atoms with Gasteiger partial charge in [-0.1, -0.05) is 0 Å². The van der Waals surface area contributed by atoms with Gasteiger partial charge in [0.25, 0.3) is 0 Å². The number of nitrogens with one attached hydrogen (secondary N) is 1. The van der Waals surface area contributed by atoms with Crippen molar-refractivity contribution >= 4 is 24.6 Å². The first-order valence-electron chi connectivity index (χ1n) is 4.81. The number of hydrogen-bond acceptors (Lipinski definition) is 6. The van der Waals surface area contributed by atoms with E-state index in [9.17, 15) is 9.59 Å². The minimum Gasteiger partial charge on any atom is -0.469 e. The first-order valence-corrected chi connectivity index (χ1v) is 5.33. The minimum atomic E-state index is -0.435. The summed E-state index contributed by atoms with van der Waals surface area (Å²) in [5.74, 6) is -1.12. The summed E-state index contributed by atoms with van der Waals surface area (Å²) in [6.07, 6.45) is 0.111. The van der Waals surface area contributed by atoms with Gasteiger partial charge in [-0.3, -0.25) is 4.79 Å². The lowest BCUT2D eigenvalue weighted by Crippen LogP contribution is -2.26. The SMILES string of the molecule is COC(=O)CC1C(C(=O)OC)=C(C)NC1S. The number of allylic oxidation sites excluding steroid dienone is 1. The molecule has 2 atom stereocenters. The van der Waals surface area contributed by atoms with Gasteiger partial charge >= 0.3 is 11.9 Å². The van der Waals surface area contributed by atoms with Crippen molar-refractivity contribution in [3.05, 3.63) is 11.3 Å². The first kappa shape index (κ1) is 12.9. The smallest absolute Gasteiger partial charge is 0.335 e. The standard InChI is InChI=1S/C10H15NO4S/c1-5-8(10(13)15-3)6(9(16)11-5)4-7(12)14-2/h6,9,11,16H,4H2,1-3H3. The highest BCUT2D eigenvalue weighted by Gasteiger charge is 2.36. The zero-order chi connectivity index (χ0) is 12.3. The maximum atomic E-state index is 11.5. The monoisotopic (exact) mass is 245 g/mol. The molecule has 0 aromatic heterocycles. The summed E-state index contributed by atoms with van der Waals surface area (Å²) in [7, 11) is 2.62. The molecule has 0 saturated carbocycles. The first-order chi connectivity index (χ1) is 7.51. The van der Waals surface area contributed by atoms with Gasteiger partial charge in [0, 0.05) is 11.6 Å². The molecule has 0 aromatic rings. The lowest BCUT2D eigenvalue weighted by molar-refractivity contribution is -0.141. The third kappa shape index (κ3) is 2.49. The summed E-state index contributed by atoms with van der Waals surface area (Å²) in [5.41, 5.74) is 1.16. The number of thiol groups is 1. The van der Waals surface area contributed by atoms with Crippen molar-refractivity contribution < 1.29 is 19.1 Å². The summed E-state index contributed by atoms with van der Waals surface area (Å²) in [6.45, 7) is 1.76. The van der Waals surface area contributed by atoms with Gasteiger partial charge in [-0.25, -0.2) is 4.79 Å². The lowest BCUT2D eigenvalue weighted by atomic mass is 9.97. The van der Waals surface area contributed by atoms with Crippen molar-refractivity contribution in [3.63, 3.8) is 0 Å². The average molecular weight is 245 g/mol. The van der Waals surface area contributed by atoms with E-state index >= 15 is 0 Å². The van der Waals surface area contributed by atoms with Gasteiger partial charge in [-0.15, -0.1) is 0 Å². The molecular weight excluding hydrogens is 230 g/mol. The van der Waals surface area contributed by atoms with Gasteiger partial charge < -0.3 is 14.8 Å². The van der Waals surface area contributed by atoms with Gasteiger partial charge in [-0.05, 0) is 6.92 Å². The van der Waals surface area contributed by atoms with Crippen molar-refractivity contribution in [2.75, 3.05) is 14.2 Å². The van der Waals surface area contributed by atoms with Crippen LogP contribution in [-0.4, -0.2) is 31.5 Å². The number of carbonyl (C=O) groups excluding carboxylic acids is 2. The number of rotatable bonds is 3. The number of hydrogen-bond donors (Lipinski definition) is 2. The molecule has 90 valence electrons. The molecule has 1 heterocycles. The van der Waals surface area contributed by atoms with E-state index in [4.69, 9.17) is 0 Å². The molecule has 0 radical (unpaired) electrons. The highest BCUT2D eigenvalue weighted by atomic mass is 32.1. The van der Waals surface area contributed by atoms with Gasteiger partial charge in [0.15, 0.2) is 0 Å². The van der Waals surface area contributed by atoms with E-state index in [1.54, 1.807) is 6.92 Å². The number of esters is 2. The van der Waals surface area contributed by atoms with E-state index in [0.29, 0.717) is 11.3 Å². The minimum absolute atomic E-state index is 0.111. The molecule has 0 spiro atoms. The van der Waals surface area contributed by atoms with Crippen molar-refractivity contribution in [2.24, 2.45) is 5.92 Å². The van der Waals surface area contributed by atoms with Gasteiger partial charge in [0.05, 0.1) is 31.6 Å². The molecule has 6 heteroatoms. The van der Waals surface area contributed by atoms with E-state index < -0.39 is 5.97 Å². The quantitative estimate of drug-likeness (QED) is 0.559. The number of methoxy groups -OCH3 is 2. The van der Waals surface area contributed by atoms with Crippen molar-refractivity contribution in [2.45, 2.75) is 18.7 Å². The predicted molar refractivity (Wildman–Crippen MR) is 60.7 cm³/mol. The molecule has 0 bridgehead atoms. The third-order valence-corrected chi connectivity index (χ3v) is 3.03. The van der Waals surface area contributed by atoms with Crippen LogP contribution < -0.4 is 5.32 Å². The van der Waals surface area contributed by atoms with Crippen molar-refractivity contribution in [1.82, 2.24) is 5.32 Å². The van der Waals surface area contributed by atoms with Gasteiger partial charge in [-0.2, -0.15) is 12.6 Å². The lowest BCUT2D eigenvalue weighted by Gasteiger charge is -2.15. The molecule has 1 aliphatic rings. The van der Waals surface area contributed by atoms with Crippen LogP contribution in [0.2, 0.25) is 0 Å². The van der Waals surface area contributed by atoms with E-state index in [1.165, 1.54) is 14.2 Å². The summed E-state index contributed by atoms with van der Waals surface area (Å²) >= 11 is 4.28. The third-order valence-electron chi connectivity index (χ3n) is 2.54. The molecule has 0 fully saturated rings. The Bertz CT molecular complexity index is 340. The molecule has 2 unspecified atom stereocenters. The van der Waals surface area contributed by atoms with Crippen LogP contribution in [0, 0.1) is 5.92 Å². The fourth-order valence-electron chi connectivity index (χ4n) is 1.73. The molecular formula is C10H15NO4S. The molecule has 16 heavy (non-hydrogen) atoms. The van der Waals surface area contributed by atoms with Crippen LogP contribution in [0.4, 0.5) is 0 Å². The molecule has 0 saturated heterocycles. The Morgan fingerprint density at radius 1 is 1.38 bits per heavy atom. The molecule has 1 rings (SSSR count). The van der Waals surface area contributed by atoms with E-state index in [1.807, 2.05) is 0 Å². The Morgan fingerprint density at radius 3 is 2.50 bits per heavy atom. The van der Waals surface area contributed by atoms with Crippen molar-refractivity contribution in [3.8, 4) is 0 Å². The van der Waals surface area contributed by atoms with Crippen LogP contribution in [0.25, 0.3) is 0 Å². The van der Waals surface area contributed by atoms with Crippen LogP contribution in [0.5, 0.6) is 0 Å². The second-order valence-electron chi connectivity index (χ2n) is 3.51. The largest absolute Gasteiger partial charge is 0.469 e. The number of carbonyl (C=O) groups is 2. The Balaban J connectivity index is 2.88. The van der Waals surface area contributed by atoms with E-state index in [2.05, 4.69) is 27.4 Å². The van der Waals surface area contributed by atoms with E-state index in [-0.39, 0.29) is 23.7 Å². The Hall–Kier alpha value is -1.17. The zero-order valence-electron chi connectivity index (χ0n) is 9.44. The number of ether oxygens (including phenoxy) is 2. The second-order valence-corrected chi connectivity index (χ2v) is 4.06. The second kappa shape index (κ2) is 5.25. The zero-order valence-corrected chi connectivity index (χ0v) is 10.3. The average Bonchev–Trinajstić information content (AvgIpc) is 2.53. The molecule has 1 N–H and O–H groups in total. The van der Waals surface area contributed by atoms with Crippen LogP contribution in [0.15, 0.2) is 11.3 Å². The molecule has 0 amide bonds. The fraction of sp³-hybridized carbons (Fsp3) is 0.600. The predicted octanol–water partition coefficient (Wildman–Crippen LogP) is 0.472. The molecule has 5 nitrogen and oxygen atoms in total. The van der Waals surface area contributed by atoms with Gasteiger partial charge in [0.1, 0.15) is 0 Å². The highest BCUT2D eigenvalue weighted by molar-refractivity contribution is 7.80. The summed E-state index contributed by atoms with van der Waals surface area (Å²) < 4.78 is 9.26. The van der Waals surface area contributed by atoms with Crippen LogP contribution in [0.1, 0.15) is 13.3 Å².